The van der Waals surface area contributed by atoms with Gasteiger partial charge in [-0.2, -0.15) is 0 Å². The lowest BCUT2D eigenvalue weighted by molar-refractivity contribution is -0.305. The van der Waals surface area contributed by atoms with Gasteiger partial charge in [-0.1, -0.05) is 290 Å². The zero-order valence-corrected chi connectivity index (χ0v) is 43.1. The lowest BCUT2D eigenvalue weighted by atomic mass is 10.0. The lowest BCUT2D eigenvalue weighted by Crippen LogP contribution is -2.25. The fourth-order valence-corrected chi connectivity index (χ4v) is 14.7. The van der Waals surface area contributed by atoms with Crippen LogP contribution in [0.3, 0.4) is 0 Å². The van der Waals surface area contributed by atoms with Crippen LogP contribution in [0.15, 0.2) is 0 Å². The second kappa shape index (κ2) is 51.5. The number of hydrogen-bond acceptors (Lipinski definition) is 2. The van der Waals surface area contributed by atoms with Gasteiger partial charge in [-0.15, -0.1) is 0 Å². The molecule has 360 valence electrons. The first-order valence-corrected chi connectivity index (χ1v) is 31.2. The number of carboxylic acid groups (broad SMARTS) is 1. The number of unbranched alkanes of at least 4 members (excludes halogenated alkanes) is 45. The van der Waals surface area contributed by atoms with E-state index in [1.54, 1.807) is 0 Å². The van der Waals surface area contributed by atoms with Gasteiger partial charge in [0.1, 0.15) is 0 Å². The average molecular weight is 864 g/mol. The summed E-state index contributed by atoms with van der Waals surface area (Å²) in [5, 5.41) is 11.8. The van der Waals surface area contributed by atoms with E-state index < -0.39 is 13.2 Å². The van der Waals surface area contributed by atoms with Crippen LogP contribution in [0.4, 0.5) is 0 Å². The van der Waals surface area contributed by atoms with E-state index in [1.807, 2.05) is 0 Å². The molecule has 0 aromatic heterocycles. The maximum Gasteiger partial charge on any atom is 0.0646 e. The molecule has 0 bridgehead atoms. The predicted octanol–water partition coefficient (Wildman–Crippen LogP) is 19.9. The molecule has 0 rings (SSSR count). The number of carboxylic acids is 1. The fourth-order valence-electron chi connectivity index (χ4n) is 9.99. The Labute approximate surface area is 381 Å². The van der Waals surface area contributed by atoms with Crippen LogP contribution in [0.5, 0.6) is 0 Å². The Balaban J connectivity index is 4.50. The number of rotatable bonds is 54. The third kappa shape index (κ3) is 47.4. The molecule has 0 unspecified atom stereocenters. The highest BCUT2D eigenvalue weighted by Gasteiger charge is 2.35. The van der Waals surface area contributed by atoms with Crippen LogP contribution in [0, 0.1) is 0 Å². The molecule has 0 spiro atoms. The first kappa shape index (κ1) is 59.9. The highest BCUT2D eigenvalue weighted by atomic mass is 31.2. The Kier molecular flexibility index (Phi) is 51.4. The summed E-state index contributed by atoms with van der Waals surface area (Å²) < 4.78 is 0. The summed E-state index contributed by atoms with van der Waals surface area (Å²) in [7, 11) is -1.24. The molecule has 2 nitrogen and oxygen atoms in total. The average Bonchev–Trinajstić information content (AvgIpc) is 3.25. The van der Waals surface area contributed by atoms with E-state index in [2.05, 4.69) is 20.8 Å². The van der Waals surface area contributed by atoms with Crippen molar-refractivity contribution in [1.82, 2.24) is 0 Å². The van der Waals surface area contributed by atoms with Gasteiger partial charge in [0.15, 0.2) is 0 Å². The van der Waals surface area contributed by atoms with Crippen molar-refractivity contribution in [2.24, 2.45) is 0 Å². The summed E-state index contributed by atoms with van der Waals surface area (Å²) in [6, 6.07) is 0. The van der Waals surface area contributed by atoms with E-state index in [1.165, 1.54) is 327 Å². The van der Waals surface area contributed by atoms with Crippen molar-refractivity contribution in [3.05, 3.63) is 0 Å². The number of hydrogen-bond donors (Lipinski definition) is 0. The third-order valence-electron chi connectivity index (χ3n) is 14.2. The number of carbonyl (C=O) groups excluding carboxylic acids is 1. The normalized spacial score (nSPS) is 11.9. The lowest BCUT2D eigenvalue weighted by Gasteiger charge is -2.29. The van der Waals surface area contributed by atoms with Crippen molar-refractivity contribution in [3.63, 3.8) is 0 Å². The van der Waals surface area contributed by atoms with E-state index in [9.17, 15) is 9.90 Å². The second-order valence-corrected chi connectivity index (χ2v) is 24.7. The molecule has 60 heavy (non-hydrogen) atoms. The van der Waals surface area contributed by atoms with Gasteiger partial charge < -0.3 is 9.90 Å². The third-order valence-corrected chi connectivity index (χ3v) is 19.2. The van der Waals surface area contributed by atoms with Crippen LogP contribution in [0.2, 0.25) is 0 Å². The van der Waals surface area contributed by atoms with Crippen molar-refractivity contribution in [3.8, 4) is 0 Å². The molecular formula is C57H115O2P. The molecule has 0 N–H and O–H groups in total. The number of aliphatic carboxylic acids is 1. The molecule has 0 aromatic carbocycles. The smallest absolute Gasteiger partial charge is 0.0646 e. The summed E-state index contributed by atoms with van der Waals surface area (Å²) in [5.41, 5.74) is 0. The maximum atomic E-state index is 11.8. The van der Waals surface area contributed by atoms with E-state index in [0.717, 1.165) is 6.16 Å². The summed E-state index contributed by atoms with van der Waals surface area (Å²) in [6.45, 7) is 6.92. The van der Waals surface area contributed by atoms with E-state index in [-0.39, 0.29) is 0 Å². The van der Waals surface area contributed by atoms with Crippen LogP contribution in [0.25, 0.3) is 0 Å². The van der Waals surface area contributed by atoms with Gasteiger partial charge in [0, 0.05) is 19.7 Å². The van der Waals surface area contributed by atoms with E-state index >= 15 is 0 Å². The molecule has 0 aliphatic heterocycles. The highest BCUT2D eigenvalue weighted by molar-refractivity contribution is 7.75. The van der Waals surface area contributed by atoms with Crippen molar-refractivity contribution >= 4 is 13.2 Å². The van der Waals surface area contributed by atoms with Gasteiger partial charge in [-0.05, 0) is 38.5 Å². The summed E-state index contributed by atoms with van der Waals surface area (Å²) in [4.78, 5) is 11.8. The molecule has 0 aliphatic carbocycles. The van der Waals surface area contributed by atoms with Crippen molar-refractivity contribution in [2.75, 3.05) is 24.6 Å². The zero-order valence-electron chi connectivity index (χ0n) is 42.2. The summed E-state index contributed by atoms with van der Waals surface area (Å²) in [6.07, 6.45) is 73.4. The van der Waals surface area contributed by atoms with Crippen LogP contribution in [-0.4, -0.2) is 30.6 Å². The van der Waals surface area contributed by atoms with Gasteiger partial charge in [0.25, 0.3) is 0 Å². The Morgan fingerprint density at radius 1 is 0.250 bits per heavy atom. The molecular weight excluding hydrogens is 748 g/mol. The van der Waals surface area contributed by atoms with Gasteiger partial charge in [-0.3, -0.25) is 0 Å². The molecule has 3 heteroatoms. The van der Waals surface area contributed by atoms with E-state index in [0.29, 0.717) is 6.42 Å². The Bertz CT molecular complexity index is 709. The standard InChI is InChI=1S/C57H115O2P/c1-4-7-10-13-16-19-22-25-28-31-34-37-40-43-46-49-53-60(56-52-57(58)59,54-50-47-44-41-38-35-32-29-26-23-20-17-14-11-8-5-2)55-51-48-45-42-39-36-33-30-27-24-21-18-15-12-9-6-3/h4-56H2,1-3H3. The van der Waals surface area contributed by atoms with E-state index in [4.69, 9.17) is 0 Å². The minimum absolute atomic E-state index is 0.310. The van der Waals surface area contributed by atoms with Crippen LogP contribution in [-0.2, 0) is 4.79 Å². The molecule has 0 saturated carbocycles. The van der Waals surface area contributed by atoms with Crippen LogP contribution in [0.1, 0.15) is 335 Å². The topological polar surface area (TPSA) is 40.1 Å². The fraction of sp³-hybridized carbons (Fsp3) is 0.982. The van der Waals surface area contributed by atoms with Crippen LogP contribution < -0.4 is 5.11 Å². The molecule has 0 amide bonds. The molecule has 0 aliphatic rings. The minimum atomic E-state index is -1.24. The second-order valence-electron chi connectivity index (χ2n) is 20.3. The largest absolute Gasteiger partial charge is 0.550 e. The summed E-state index contributed by atoms with van der Waals surface area (Å²) >= 11 is 0. The zero-order chi connectivity index (χ0) is 43.6. The first-order valence-electron chi connectivity index (χ1n) is 28.6. The molecule has 0 fully saturated rings. The molecule has 0 radical (unpaired) electrons. The predicted molar refractivity (Wildman–Crippen MR) is 275 cm³/mol. The molecule has 0 aromatic rings. The van der Waals surface area contributed by atoms with Gasteiger partial charge in [0.05, 0.1) is 24.6 Å². The SMILES string of the molecule is CCCCCCCCCCCCCCCCCC[P+](CCCCCCCCCCCCCCCCCC)(CCCCCCCCCCCCCCCCCC)CCC(=O)[O-]. The number of carbonyl (C=O) groups is 1. The maximum absolute atomic E-state index is 11.8. The van der Waals surface area contributed by atoms with Gasteiger partial charge >= 0.3 is 0 Å². The molecule has 0 saturated heterocycles. The molecule has 0 heterocycles. The van der Waals surface area contributed by atoms with Crippen molar-refractivity contribution in [1.29, 1.82) is 0 Å². The first-order chi connectivity index (χ1) is 29.6. The van der Waals surface area contributed by atoms with Crippen LogP contribution >= 0.6 is 7.26 Å². The quantitative estimate of drug-likeness (QED) is 0.0451. The van der Waals surface area contributed by atoms with Crippen molar-refractivity contribution in [2.45, 2.75) is 335 Å². The highest BCUT2D eigenvalue weighted by Crippen LogP contribution is 2.61. The molecule has 0 atom stereocenters. The van der Waals surface area contributed by atoms with Crippen molar-refractivity contribution < 1.29 is 9.90 Å². The minimum Gasteiger partial charge on any atom is -0.550 e. The monoisotopic (exact) mass is 863 g/mol. The van der Waals surface area contributed by atoms with Gasteiger partial charge in [-0.25, -0.2) is 0 Å². The Morgan fingerprint density at radius 3 is 0.550 bits per heavy atom. The Morgan fingerprint density at radius 2 is 0.400 bits per heavy atom. The Hall–Kier alpha value is -0.100. The van der Waals surface area contributed by atoms with Gasteiger partial charge in [0.2, 0.25) is 0 Å². The summed E-state index contributed by atoms with van der Waals surface area (Å²) in [5.74, 6) is -0.801.